The Kier molecular flexibility index (Phi) is 3.89. The van der Waals surface area contributed by atoms with Crippen molar-refractivity contribution >= 4 is 23.5 Å². The SMILES string of the molecule is O=C1NC(=O)c2ccccc2/C1=C\c1ccc(OC(F)F)cc1. The molecule has 0 saturated heterocycles. The van der Waals surface area contributed by atoms with Gasteiger partial charge in [-0.2, -0.15) is 8.78 Å². The minimum Gasteiger partial charge on any atom is -0.435 e. The van der Waals surface area contributed by atoms with Crippen molar-refractivity contribution in [3.05, 3.63) is 65.2 Å². The van der Waals surface area contributed by atoms with Crippen molar-refractivity contribution in [3.63, 3.8) is 0 Å². The predicted octanol–water partition coefficient (Wildman–Crippen LogP) is 3.10. The lowest BCUT2D eigenvalue weighted by molar-refractivity contribution is -0.114. The molecule has 0 saturated carbocycles. The first-order chi connectivity index (χ1) is 11.0. The molecule has 0 radical (unpaired) electrons. The summed E-state index contributed by atoms with van der Waals surface area (Å²) in [6, 6.07) is 12.6. The van der Waals surface area contributed by atoms with Crippen molar-refractivity contribution in [3.8, 4) is 5.75 Å². The van der Waals surface area contributed by atoms with Crippen LogP contribution >= 0.6 is 0 Å². The van der Waals surface area contributed by atoms with E-state index >= 15 is 0 Å². The Bertz CT molecular complexity index is 798. The highest BCUT2D eigenvalue weighted by molar-refractivity contribution is 6.33. The lowest BCUT2D eigenvalue weighted by Crippen LogP contribution is -2.36. The second-order valence-corrected chi connectivity index (χ2v) is 4.83. The largest absolute Gasteiger partial charge is 0.435 e. The van der Waals surface area contributed by atoms with Gasteiger partial charge in [0, 0.05) is 11.1 Å². The molecule has 2 aromatic carbocycles. The predicted molar refractivity (Wildman–Crippen MR) is 79.9 cm³/mol. The minimum atomic E-state index is -2.89. The van der Waals surface area contributed by atoms with E-state index in [0.29, 0.717) is 22.3 Å². The van der Waals surface area contributed by atoms with E-state index in [1.165, 1.54) is 12.1 Å². The van der Waals surface area contributed by atoms with Crippen LogP contribution in [0.4, 0.5) is 8.78 Å². The molecular weight excluding hydrogens is 304 g/mol. The van der Waals surface area contributed by atoms with Gasteiger partial charge in [-0.15, -0.1) is 0 Å². The van der Waals surface area contributed by atoms with Crippen molar-refractivity contribution in [2.45, 2.75) is 6.61 Å². The number of carbonyl (C=O) groups excluding carboxylic acids is 2. The minimum absolute atomic E-state index is 0.0332. The maximum absolute atomic E-state index is 12.1. The number of imide groups is 1. The summed E-state index contributed by atoms with van der Waals surface area (Å²) in [6.07, 6.45) is 1.59. The number of carbonyl (C=O) groups is 2. The van der Waals surface area contributed by atoms with Crippen LogP contribution in [0.3, 0.4) is 0 Å². The fourth-order valence-electron chi connectivity index (χ4n) is 2.33. The van der Waals surface area contributed by atoms with Gasteiger partial charge >= 0.3 is 6.61 Å². The number of fused-ring (bicyclic) bond motifs is 1. The van der Waals surface area contributed by atoms with Gasteiger partial charge in [0.15, 0.2) is 0 Å². The Morgan fingerprint density at radius 2 is 1.57 bits per heavy atom. The first kappa shape index (κ1) is 14.9. The highest BCUT2D eigenvalue weighted by Gasteiger charge is 2.26. The standard InChI is InChI=1S/C17H11F2NO3/c18-17(19)23-11-7-5-10(6-8-11)9-14-12-3-1-2-4-13(12)15(21)20-16(14)22/h1-9,17H,(H,20,21,22)/b14-9+. The topological polar surface area (TPSA) is 55.4 Å². The zero-order chi connectivity index (χ0) is 16.4. The van der Waals surface area contributed by atoms with Crippen LogP contribution in [0.1, 0.15) is 21.5 Å². The first-order valence-electron chi connectivity index (χ1n) is 6.76. The molecule has 0 bridgehead atoms. The molecule has 1 aliphatic rings. The molecular formula is C17H11F2NO3. The molecule has 4 nitrogen and oxygen atoms in total. The fourth-order valence-corrected chi connectivity index (χ4v) is 2.33. The van der Waals surface area contributed by atoms with Crippen LogP contribution in [0, 0.1) is 0 Å². The number of hydrogen-bond donors (Lipinski definition) is 1. The molecule has 0 aromatic heterocycles. The Labute approximate surface area is 130 Å². The third-order valence-corrected chi connectivity index (χ3v) is 3.35. The number of hydrogen-bond acceptors (Lipinski definition) is 3. The molecule has 1 N–H and O–H groups in total. The van der Waals surface area contributed by atoms with Crippen LogP contribution < -0.4 is 10.1 Å². The molecule has 1 heterocycles. The average molecular weight is 315 g/mol. The molecule has 0 unspecified atom stereocenters. The van der Waals surface area contributed by atoms with E-state index in [9.17, 15) is 18.4 Å². The number of nitrogens with one attached hydrogen (secondary N) is 1. The van der Waals surface area contributed by atoms with E-state index in [1.54, 1.807) is 42.5 Å². The van der Waals surface area contributed by atoms with Gasteiger partial charge in [0.1, 0.15) is 5.75 Å². The molecule has 116 valence electrons. The van der Waals surface area contributed by atoms with Crippen LogP contribution in [0.2, 0.25) is 0 Å². The zero-order valence-electron chi connectivity index (χ0n) is 11.8. The van der Waals surface area contributed by atoms with Gasteiger partial charge in [-0.05, 0) is 35.4 Å². The van der Waals surface area contributed by atoms with Crippen LogP contribution in [0.25, 0.3) is 11.6 Å². The molecule has 0 aliphatic carbocycles. The normalized spacial score (nSPS) is 15.5. The summed E-state index contributed by atoms with van der Waals surface area (Å²) in [5, 5.41) is 2.27. The van der Waals surface area contributed by atoms with Crippen molar-refractivity contribution in [2.75, 3.05) is 0 Å². The fraction of sp³-hybridized carbons (Fsp3) is 0.0588. The van der Waals surface area contributed by atoms with Crippen molar-refractivity contribution in [2.24, 2.45) is 0 Å². The summed E-state index contributed by atoms with van der Waals surface area (Å²) in [5.41, 5.74) is 1.91. The van der Waals surface area contributed by atoms with Crippen LogP contribution in [0.5, 0.6) is 5.75 Å². The van der Waals surface area contributed by atoms with E-state index in [4.69, 9.17) is 0 Å². The monoisotopic (exact) mass is 315 g/mol. The first-order valence-corrected chi connectivity index (χ1v) is 6.76. The van der Waals surface area contributed by atoms with E-state index in [1.807, 2.05) is 0 Å². The zero-order valence-corrected chi connectivity index (χ0v) is 11.8. The Morgan fingerprint density at radius 3 is 2.22 bits per heavy atom. The van der Waals surface area contributed by atoms with Gasteiger partial charge < -0.3 is 4.74 Å². The summed E-state index contributed by atoms with van der Waals surface area (Å²) >= 11 is 0. The maximum Gasteiger partial charge on any atom is 0.387 e. The van der Waals surface area contributed by atoms with Crippen molar-refractivity contribution in [1.82, 2.24) is 5.32 Å². The van der Waals surface area contributed by atoms with E-state index < -0.39 is 18.4 Å². The Morgan fingerprint density at radius 1 is 0.913 bits per heavy atom. The molecule has 6 heteroatoms. The smallest absolute Gasteiger partial charge is 0.387 e. The lowest BCUT2D eigenvalue weighted by Gasteiger charge is -2.18. The second-order valence-electron chi connectivity index (χ2n) is 4.83. The summed E-state index contributed by atoms with van der Waals surface area (Å²) in [6.45, 7) is -2.89. The number of ether oxygens (including phenoxy) is 1. The van der Waals surface area contributed by atoms with E-state index in [2.05, 4.69) is 10.1 Å². The van der Waals surface area contributed by atoms with Gasteiger partial charge in [-0.3, -0.25) is 14.9 Å². The highest BCUT2D eigenvalue weighted by Crippen LogP contribution is 2.26. The van der Waals surface area contributed by atoms with E-state index in [0.717, 1.165) is 0 Å². The Hall–Kier alpha value is -3.02. The van der Waals surface area contributed by atoms with Gasteiger partial charge in [0.2, 0.25) is 0 Å². The molecule has 0 atom stereocenters. The number of halogens is 2. The number of amides is 2. The summed E-state index contributed by atoms with van der Waals surface area (Å²) in [4.78, 5) is 23.9. The van der Waals surface area contributed by atoms with Crippen LogP contribution in [-0.2, 0) is 4.79 Å². The molecule has 2 aromatic rings. The van der Waals surface area contributed by atoms with Crippen molar-refractivity contribution in [1.29, 1.82) is 0 Å². The average Bonchev–Trinajstić information content (AvgIpc) is 2.52. The van der Waals surface area contributed by atoms with Crippen LogP contribution in [-0.4, -0.2) is 18.4 Å². The summed E-state index contributed by atoms with van der Waals surface area (Å²) < 4.78 is 28.5. The molecule has 1 aliphatic heterocycles. The Balaban J connectivity index is 1.97. The lowest BCUT2D eigenvalue weighted by atomic mass is 9.93. The quantitative estimate of drug-likeness (QED) is 0.699. The van der Waals surface area contributed by atoms with Gasteiger partial charge in [0.05, 0.1) is 0 Å². The molecule has 2 amide bonds. The summed E-state index contributed by atoms with van der Waals surface area (Å²) in [5.74, 6) is -0.907. The van der Waals surface area contributed by atoms with Crippen LogP contribution in [0.15, 0.2) is 48.5 Å². The molecule has 23 heavy (non-hydrogen) atoms. The third-order valence-electron chi connectivity index (χ3n) is 3.35. The molecule has 0 spiro atoms. The number of alkyl halides is 2. The van der Waals surface area contributed by atoms with Gasteiger partial charge in [0.25, 0.3) is 11.8 Å². The number of benzene rings is 2. The van der Waals surface area contributed by atoms with E-state index in [-0.39, 0.29) is 5.75 Å². The van der Waals surface area contributed by atoms with Gasteiger partial charge in [-0.25, -0.2) is 0 Å². The number of rotatable bonds is 3. The molecule has 3 rings (SSSR count). The molecule has 0 fully saturated rings. The van der Waals surface area contributed by atoms with Crippen molar-refractivity contribution < 1.29 is 23.1 Å². The second kappa shape index (κ2) is 6.00. The maximum atomic E-state index is 12.1. The third kappa shape index (κ3) is 3.11. The van der Waals surface area contributed by atoms with Gasteiger partial charge in [-0.1, -0.05) is 30.3 Å². The summed E-state index contributed by atoms with van der Waals surface area (Å²) in [7, 11) is 0. The highest BCUT2D eigenvalue weighted by atomic mass is 19.3.